The number of halogens is 2. The Balaban J connectivity index is 1.30. The summed E-state index contributed by atoms with van der Waals surface area (Å²) in [5, 5.41) is 16.6. The Bertz CT molecular complexity index is 1420. The summed E-state index contributed by atoms with van der Waals surface area (Å²) in [7, 11) is 3.20. The summed E-state index contributed by atoms with van der Waals surface area (Å²) in [6, 6.07) is 12.8. The van der Waals surface area contributed by atoms with Gasteiger partial charge >= 0.3 is 0 Å². The molecule has 6 rings (SSSR count). The number of carbonyl (C=O) groups is 1. The average Bonchev–Trinajstić information content (AvgIpc) is 3.86. The van der Waals surface area contributed by atoms with Crippen LogP contribution in [0.2, 0.25) is 5.02 Å². The van der Waals surface area contributed by atoms with Gasteiger partial charge < -0.3 is 19.9 Å². The Morgan fingerprint density at radius 3 is 2.60 bits per heavy atom. The summed E-state index contributed by atoms with van der Waals surface area (Å²) in [6.07, 6.45) is 7.18. The van der Waals surface area contributed by atoms with Crippen LogP contribution in [-0.2, 0) is 5.72 Å². The van der Waals surface area contributed by atoms with Gasteiger partial charge in [-0.2, -0.15) is 0 Å². The number of piperidine rings is 1. The molecular formula is C32H36Cl2N2O4. The number of nitrogens with one attached hydrogen (secondary N) is 1. The third kappa shape index (κ3) is 4.27. The zero-order valence-corrected chi connectivity index (χ0v) is 24.9. The topological polar surface area (TPSA) is 71.0 Å². The van der Waals surface area contributed by atoms with Gasteiger partial charge in [-0.25, -0.2) is 0 Å². The SMILES string of the molecule is COc1ccc(C(C)(O)N2CC[C@@]3(CC3NC(=O)c3ccccc3Cl)[C@@H](C34C=CC(Cl)=C(C)C3C4)C2)cc1OC. The van der Waals surface area contributed by atoms with Crippen LogP contribution in [0.25, 0.3) is 0 Å². The fourth-order valence-corrected chi connectivity index (χ4v) is 7.96. The standard InChI is InChI=1S/C32H36Cl2N2O4/c1-19-22-16-31(22,12-11-23(19)33)27-18-36(30(2,38)20-9-10-25(39-3)26(15-20)40-4)14-13-32(27)17-28(32)35-29(37)21-7-5-6-8-24(21)34/h5-12,15,22,27-28,38H,13-14,16-18H2,1-4H3,(H,35,37)/t22?,27-,28?,30?,31?,32-/m1/s1. The number of rotatable bonds is 7. The van der Waals surface area contributed by atoms with Gasteiger partial charge in [-0.3, -0.25) is 9.69 Å². The molecule has 2 saturated carbocycles. The molecule has 0 radical (unpaired) electrons. The van der Waals surface area contributed by atoms with E-state index in [1.54, 1.807) is 26.4 Å². The summed E-state index contributed by atoms with van der Waals surface area (Å²) in [4.78, 5) is 15.4. The molecule has 2 aromatic carbocycles. The second-order valence-electron chi connectivity index (χ2n) is 12.0. The van der Waals surface area contributed by atoms with Gasteiger partial charge in [0, 0.05) is 35.1 Å². The largest absolute Gasteiger partial charge is 0.493 e. The van der Waals surface area contributed by atoms with E-state index in [1.807, 2.05) is 37.3 Å². The second-order valence-corrected chi connectivity index (χ2v) is 12.8. The number of carbonyl (C=O) groups excluding carboxylic acids is 1. The van der Waals surface area contributed by atoms with E-state index in [0.29, 0.717) is 41.1 Å². The molecule has 8 heteroatoms. The van der Waals surface area contributed by atoms with Crippen LogP contribution in [0, 0.1) is 22.7 Å². The molecule has 0 bridgehead atoms. The molecule has 40 heavy (non-hydrogen) atoms. The number of likely N-dealkylation sites (tertiary alicyclic amines) is 1. The maximum atomic E-state index is 13.2. The lowest BCUT2D eigenvalue weighted by molar-refractivity contribution is -0.135. The second kappa shape index (κ2) is 9.80. The number of ether oxygens (including phenoxy) is 2. The average molecular weight is 584 g/mol. The van der Waals surface area contributed by atoms with Crippen LogP contribution in [0.5, 0.6) is 11.5 Å². The highest BCUT2D eigenvalue weighted by Crippen LogP contribution is 2.74. The van der Waals surface area contributed by atoms with Gasteiger partial charge in [0.1, 0.15) is 5.72 Å². The van der Waals surface area contributed by atoms with Crippen LogP contribution in [-0.4, -0.2) is 49.3 Å². The molecule has 2 aromatic rings. The molecule has 1 aliphatic heterocycles. The summed E-state index contributed by atoms with van der Waals surface area (Å²) >= 11 is 12.9. The van der Waals surface area contributed by atoms with Crippen LogP contribution in [0.3, 0.4) is 0 Å². The first-order chi connectivity index (χ1) is 19.1. The van der Waals surface area contributed by atoms with Crippen molar-refractivity contribution < 1.29 is 19.4 Å². The number of methoxy groups -OCH3 is 2. The summed E-state index contributed by atoms with van der Waals surface area (Å²) < 4.78 is 10.9. The van der Waals surface area contributed by atoms with E-state index >= 15 is 0 Å². The van der Waals surface area contributed by atoms with Crippen molar-refractivity contribution in [2.45, 2.75) is 44.9 Å². The van der Waals surface area contributed by atoms with Crippen molar-refractivity contribution >= 4 is 29.1 Å². The molecule has 3 fully saturated rings. The van der Waals surface area contributed by atoms with Crippen molar-refractivity contribution in [2.24, 2.45) is 22.7 Å². The van der Waals surface area contributed by atoms with Crippen LogP contribution in [0.4, 0.5) is 0 Å². The highest BCUT2D eigenvalue weighted by Gasteiger charge is 2.72. The Kier molecular flexibility index (Phi) is 6.77. The number of aliphatic hydroxyl groups is 1. The molecule has 6 atom stereocenters. The summed E-state index contributed by atoms with van der Waals surface area (Å²) in [5.41, 5.74) is 1.19. The van der Waals surface area contributed by atoms with Crippen molar-refractivity contribution in [1.82, 2.24) is 10.2 Å². The van der Waals surface area contributed by atoms with Gasteiger partial charge in [-0.05, 0) is 80.7 Å². The van der Waals surface area contributed by atoms with Crippen molar-refractivity contribution in [1.29, 1.82) is 0 Å². The molecule has 2 N–H and O–H groups in total. The molecule has 4 unspecified atom stereocenters. The van der Waals surface area contributed by atoms with Gasteiger partial charge in [0.05, 0.1) is 24.8 Å². The zero-order valence-electron chi connectivity index (χ0n) is 23.3. The first-order valence-corrected chi connectivity index (χ1v) is 14.6. The third-order valence-corrected chi connectivity index (χ3v) is 10.9. The Morgan fingerprint density at radius 2 is 1.88 bits per heavy atom. The molecule has 0 aromatic heterocycles. The third-order valence-electron chi connectivity index (χ3n) is 10.2. The highest BCUT2D eigenvalue weighted by atomic mass is 35.5. The van der Waals surface area contributed by atoms with Crippen LogP contribution >= 0.6 is 23.2 Å². The van der Waals surface area contributed by atoms with Crippen molar-refractivity contribution in [3.8, 4) is 11.5 Å². The minimum absolute atomic E-state index is 0.0291. The number of hydrogen-bond acceptors (Lipinski definition) is 5. The number of fused-ring (bicyclic) bond motifs is 1. The summed E-state index contributed by atoms with van der Waals surface area (Å²) in [6.45, 7) is 5.39. The van der Waals surface area contributed by atoms with Crippen molar-refractivity contribution in [3.63, 3.8) is 0 Å². The van der Waals surface area contributed by atoms with Gasteiger partial charge in [-0.1, -0.05) is 53.1 Å². The lowest BCUT2D eigenvalue weighted by Crippen LogP contribution is -2.55. The quantitative estimate of drug-likeness (QED) is 0.411. The fourth-order valence-electron chi connectivity index (χ4n) is 7.55. The molecule has 3 aliphatic carbocycles. The molecule has 1 amide bonds. The Hall–Kier alpha value is -2.51. The van der Waals surface area contributed by atoms with Crippen LogP contribution < -0.4 is 14.8 Å². The molecule has 4 aliphatic rings. The fraction of sp³-hybridized carbons (Fsp3) is 0.469. The lowest BCUT2D eigenvalue weighted by atomic mass is 9.68. The number of amides is 1. The maximum absolute atomic E-state index is 13.2. The minimum atomic E-state index is -1.22. The highest BCUT2D eigenvalue weighted by molar-refractivity contribution is 6.33. The molecule has 6 nitrogen and oxygen atoms in total. The monoisotopic (exact) mass is 582 g/mol. The van der Waals surface area contributed by atoms with E-state index in [-0.39, 0.29) is 28.7 Å². The van der Waals surface area contributed by atoms with Gasteiger partial charge in [0.25, 0.3) is 5.91 Å². The summed E-state index contributed by atoms with van der Waals surface area (Å²) in [5.74, 6) is 1.70. The number of benzene rings is 2. The first kappa shape index (κ1) is 27.6. The van der Waals surface area contributed by atoms with E-state index < -0.39 is 5.72 Å². The number of hydrogen-bond donors (Lipinski definition) is 2. The molecular weight excluding hydrogens is 547 g/mol. The van der Waals surface area contributed by atoms with E-state index in [9.17, 15) is 9.90 Å². The minimum Gasteiger partial charge on any atom is -0.493 e. The maximum Gasteiger partial charge on any atom is 0.253 e. The molecule has 1 heterocycles. The van der Waals surface area contributed by atoms with Crippen LogP contribution in [0.1, 0.15) is 49.0 Å². The van der Waals surface area contributed by atoms with E-state index in [2.05, 4.69) is 29.3 Å². The van der Waals surface area contributed by atoms with E-state index in [4.69, 9.17) is 32.7 Å². The lowest BCUT2D eigenvalue weighted by Gasteiger charge is -2.49. The molecule has 212 valence electrons. The van der Waals surface area contributed by atoms with Crippen molar-refractivity contribution in [3.05, 3.63) is 81.4 Å². The first-order valence-electron chi connectivity index (χ1n) is 13.9. The zero-order chi connectivity index (χ0) is 28.4. The molecule has 1 spiro atoms. The van der Waals surface area contributed by atoms with Crippen LogP contribution in [0.15, 0.2) is 65.2 Å². The number of nitrogens with zero attached hydrogens (tertiary/aromatic N) is 1. The van der Waals surface area contributed by atoms with E-state index in [1.165, 1.54) is 5.57 Å². The van der Waals surface area contributed by atoms with Gasteiger partial charge in [-0.15, -0.1) is 0 Å². The Morgan fingerprint density at radius 1 is 1.12 bits per heavy atom. The van der Waals surface area contributed by atoms with Crippen molar-refractivity contribution in [2.75, 3.05) is 27.3 Å². The predicted octanol–water partition coefficient (Wildman–Crippen LogP) is 6.12. The number of allylic oxidation sites excluding steroid dienone is 4. The molecule has 1 saturated heterocycles. The smallest absolute Gasteiger partial charge is 0.253 e. The van der Waals surface area contributed by atoms with E-state index in [0.717, 1.165) is 29.9 Å². The Labute approximate surface area is 245 Å². The predicted molar refractivity (Wildman–Crippen MR) is 157 cm³/mol. The van der Waals surface area contributed by atoms with Gasteiger partial charge in [0.15, 0.2) is 11.5 Å². The van der Waals surface area contributed by atoms with Gasteiger partial charge in [0.2, 0.25) is 0 Å². The normalized spacial score (nSPS) is 32.3.